The summed E-state index contributed by atoms with van der Waals surface area (Å²) in [6, 6.07) is 4.55. The zero-order valence-electron chi connectivity index (χ0n) is 8.70. The highest BCUT2D eigenvalue weighted by atomic mass is 16.3. The van der Waals surface area contributed by atoms with Crippen LogP contribution in [-0.4, -0.2) is 5.11 Å². The van der Waals surface area contributed by atoms with Gasteiger partial charge in [0.05, 0.1) is 5.39 Å². The zero-order valence-corrected chi connectivity index (χ0v) is 8.70. The molecule has 3 heteroatoms. The Balaban J connectivity index is 2.91. The number of phenolic OH excluding ortho intramolecular Hbond substituents is 1. The van der Waals surface area contributed by atoms with Gasteiger partial charge in [-0.2, -0.15) is 0 Å². The van der Waals surface area contributed by atoms with Crippen molar-refractivity contribution >= 4 is 11.0 Å². The Kier molecular flexibility index (Phi) is 2.23. The van der Waals surface area contributed by atoms with E-state index < -0.39 is 0 Å². The number of benzene rings is 1. The molecule has 1 aromatic heterocycles. The SMILES string of the molecule is CCc1c(C)oc2cc(O)ccc2c1=O. The first kappa shape index (κ1) is 9.77. The summed E-state index contributed by atoms with van der Waals surface area (Å²) in [6.07, 6.45) is 0.658. The summed E-state index contributed by atoms with van der Waals surface area (Å²) in [5, 5.41) is 9.80. The van der Waals surface area contributed by atoms with Crippen LogP contribution in [0.25, 0.3) is 11.0 Å². The molecule has 0 aliphatic rings. The summed E-state index contributed by atoms with van der Waals surface area (Å²) in [5.74, 6) is 0.731. The number of phenols is 1. The van der Waals surface area contributed by atoms with E-state index in [1.165, 1.54) is 12.1 Å². The number of hydrogen-bond donors (Lipinski definition) is 1. The van der Waals surface area contributed by atoms with Gasteiger partial charge in [-0.3, -0.25) is 4.79 Å². The van der Waals surface area contributed by atoms with E-state index >= 15 is 0 Å². The van der Waals surface area contributed by atoms with Gasteiger partial charge in [0.2, 0.25) is 0 Å². The molecule has 1 N–H and O–H groups in total. The van der Waals surface area contributed by atoms with Crippen molar-refractivity contribution in [3.05, 3.63) is 39.7 Å². The summed E-state index contributed by atoms with van der Waals surface area (Å²) < 4.78 is 5.49. The molecule has 1 heterocycles. The van der Waals surface area contributed by atoms with Crippen LogP contribution in [0, 0.1) is 6.92 Å². The molecule has 78 valence electrons. The highest BCUT2D eigenvalue weighted by Gasteiger charge is 2.09. The number of aromatic hydroxyl groups is 1. The van der Waals surface area contributed by atoms with E-state index in [2.05, 4.69) is 0 Å². The molecule has 1 aromatic carbocycles. The maximum atomic E-state index is 11.9. The average molecular weight is 204 g/mol. The van der Waals surface area contributed by atoms with Crippen LogP contribution in [0.3, 0.4) is 0 Å². The molecule has 0 spiro atoms. The first-order chi connectivity index (χ1) is 7.13. The van der Waals surface area contributed by atoms with Crippen LogP contribution < -0.4 is 5.43 Å². The Labute approximate surface area is 87.0 Å². The molecule has 3 nitrogen and oxygen atoms in total. The zero-order chi connectivity index (χ0) is 11.0. The van der Waals surface area contributed by atoms with Crippen molar-refractivity contribution in [1.29, 1.82) is 0 Å². The van der Waals surface area contributed by atoms with Gasteiger partial charge in [0.25, 0.3) is 0 Å². The second-order valence-corrected chi connectivity index (χ2v) is 3.50. The lowest BCUT2D eigenvalue weighted by molar-refractivity contribution is 0.473. The minimum Gasteiger partial charge on any atom is -0.508 e. The predicted molar refractivity (Wildman–Crippen MR) is 58.3 cm³/mol. The van der Waals surface area contributed by atoms with Gasteiger partial charge in [0.1, 0.15) is 17.1 Å². The summed E-state index contributed by atoms with van der Waals surface area (Å²) in [5.41, 5.74) is 1.14. The maximum Gasteiger partial charge on any atom is 0.196 e. The van der Waals surface area contributed by atoms with E-state index in [0.717, 1.165) is 0 Å². The smallest absolute Gasteiger partial charge is 0.196 e. The molecule has 0 fully saturated rings. The van der Waals surface area contributed by atoms with Crippen molar-refractivity contribution < 1.29 is 9.52 Å². The lowest BCUT2D eigenvalue weighted by atomic mass is 10.1. The molecule has 2 rings (SSSR count). The Morgan fingerprint density at radius 1 is 1.40 bits per heavy atom. The van der Waals surface area contributed by atoms with Crippen molar-refractivity contribution in [2.45, 2.75) is 20.3 Å². The Morgan fingerprint density at radius 2 is 2.13 bits per heavy atom. The van der Waals surface area contributed by atoms with Crippen LogP contribution in [-0.2, 0) is 6.42 Å². The number of rotatable bonds is 1. The third-order valence-electron chi connectivity index (χ3n) is 2.53. The Bertz CT molecular complexity index is 567. The Hall–Kier alpha value is -1.77. The van der Waals surface area contributed by atoms with E-state index in [1.54, 1.807) is 13.0 Å². The first-order valence-electron chi connectivity index (χ1n) is 4.88. The largest absolute Gasteiger partial charge is 0.508 e. The average Bonchev–Trinajstić information content (AvgIpc) is 2.17. The van der Waals surface area contributed by atoms with Gasteiger partial charge in [0, 0.05) is 11.6 Å². The second-order valence-electron chi connectivity index (χ2n) is 3.50. The molecular formula is C12H12O3. The maximum absolute atomic E-state index is 11.9. The lowest BCUT2D eigenvalue weighted by Gasteiger charge is -2.04. The quantitative estimate of drug-likeness (QED) is 0.775. The van der Waals surface area contributed by atoms with E-state index in [1.807, 2.05) is 6.92 Å². The minimum atomic E-state index is -0.00347. The normalized spacial score (nSPS) is 10.8. The van der Waals surface area contributed by atoms with Crippen LogP contribution in [0.2, 0.25) is 0 Å². The highest BCUT2D eigenvalue weighted by molar-refractivity contribution is 5.78. The van der Waals surface area contributed by atoms with Crippen molar-refractivity contribution in [2.24, 2.45) is 0 Å². The molecule has 0 atom stereocenters. The minimum absolute atomic E-state index is 0.00347. The molecule has 0 saturated heterocycles. The van der Waals surface area contributed by atoms with Crippen LogP contribution >= 0.6 is 0 Å². The van der Waals surface area contributed by atoms with E-state index in [0.29, 0.717) is 28.7 Å². The molecular weight excluding hydrogens is 192 g/mol. The standard InChI is InChI=1S/C12H12O3/c1-3-9-7(2)15-11-6-8(13)4-5-10(11)12(9)14/h4-6,13H,3H2,1-2H3. The topological polar surface area (TPSA) is 50.4 Å². The van der Waals surface area contributed by atoms with Gasteiger partial charge < -0.3 is 9.52 Å². The number of hydrogen-bond acceptors (Lipinski definition) is 3. The monoisotopic (exact) mass is 204 g/mol. The summed E-state index contributed by atoms with van der Waals surface area (Å²) >= 11 is 0. The molecule has 0 aliphatic carbocycles. The predicted octanol–water partition coefficient (Wildman–Crippen LogP) is 2.37. The summed E-state index contributed by atoms with van der Waals surface area (Å²) in [6.45, 7) is 3.69. The Morgan fingerprint density at radius 3 is 2.80 bits per heavy atom. The van der Waals surface area contributed by atoms with Gasteiger partial charge >= 0.3 is 0 Å². The first-order valence-corrected chi connectivity index (χ1v) is 4.88. The van der Waals surface area contributed by atoms with Gasteiger partial charge in [-0.1, -0.05) is 6.92 Å². The van der Waals surface area contributed by atoms with Crippen molar-refractivity contribution in [1.82, 2.24) is 0 Å². The van der Waals surface area contributed by atoms with E-state index in [-0.39, 0.29) is 11.2 Å². The fourth-order valence-corrected chi connectivity index (χ4v) is 1.74. The van der Waals surface area contributed by atoms with Crippen LogP contribution in [0.15, 0.2) is 27.4 Å². The molecule has 2 aromatic rings. The second kappa shape index (κ2) is 3.42. The molecule has 15 heavy (non-hydrogen) atoms. The fourth-order valence-electron chi connectivity index (χ4n) is 1.74. The molecule has 0 unspecified atom stereocenters. The summed E-state index contributed by atoms with van der Waals surface area (Å²) in [4.78, 5) is 11.9. The van der Waals surface area contributed by atoms with Gasteiger partial charge in [-0.15, -0.1) is 0 Å². The molecule has 0 amide bonds. The molecule has 0 radical (unpaired) electrons. The van der Waals surface area contributed by atoms with Gasteiger partial charge in [-0.05, 0) is 25.5 Å². The van der Waals surface area contributed by atoms with Crippen LogP contribution in [0.4, 0.5) is 0 Å². The highest BCUT2D eigenvalue weighted by Crippen LogP contribution is 2.20. The fraction of sp³-hybridized carbons (Fsp3) is 0.250. The number of fused-ring (bicyclic) bond motifs is 1. The van der Waals surface area contributed by atoms with Gasteiger partial charge in [-0.25, -0.2) is 0 Å². The lowest BCUT2D eigenvalue weighted by Crippen LogP contribution is -2.10. The van der Waals surface area contributed by atoms with Crippen LogP contribution in [0.1, 0.15) is 18.2 Å². The molecule has 0 aliphatic heterocycles. The van der Waals surface area contributed by atoms with E-state index in [4.69, 9.17) is 4.42 Å². The van der Waals surface area contributed by atoms with Crippen molar-refractivity contribution in [3.63, 3.8) is 0 Å². The summed E-state index contributed by atoms with van der Waals surface area (Å²) in [7, 11) is 0. The van der Waals surface area contributed by atoms with Gasteiger partial charge in [0.15, 0.2) is 5.43 Å². The van der Waals surface area contributed by atoms with Crippen molar-refractivity contribution in [3.8, 4) is 5.75 Å². The third-order valence-corrected chi connectivity index (χ3v) is 2.53. The van der Waals surface area contributed by atoms with Crippen LogP contribution in [0.5, 0.6) is 5.75 Å². The number of aryl methyl sites for hydroxylation is 1. The van der Waals surface area contributed by atoms with Crippen molar-refractivity contribution in [2.75, 3.05) is 0 Å². The van der Waals surface area contributed by atoms with E-state index in [9.17, 15) is 9.90 Å². The third kappa shape index (κ3) is 1.50. The molecule has 0 saturated carbocycles. The molecule has 0 bridgehead atoms.